The summed E-state index contributed by atoms with van der Waals surface area (Å²) in [4.78, 5) is 0. The average molecular weight is 188 g/mol. The molecular weight excluding hydrogens is 164 g/mol. The van der Waals surface area contributed by atoms with Crippen LogP contribution in [0.25, 0.3) is 0 Å². The van der Waals surface area contributed by atoms with Gasteiger partial charge in [0.25, 0.3) is 0 Å². The van der Waals surface area contributed by atoms with Gasteiger partial charge in [-0.15, -0.1) is 0 Å². The molecule has 0 aliphatic rings. The maximum absolute atomic E-state index is 9.70. The van der Waals surface area contributed by atoms with E-state index >= 15 is 0 Å². The Bertz CT molecular complexity index is 109. The quantitative estimate of drug-likeness (QED) is 0.665. The fourth-order valence-corrected chi connectivity index (χ4v) is 1.52. The largest absolute Gasteiger partial charge is 0.390 e. The fraction of sp³-hybridized carbons (Fsp3) is 1.00. The number of methoxy groups -OCH3 is 1. The standard InChI is InChI=1S/C11H24O2/c1-5-11(13-4)10(12)8-6-7-9(2)3/h9-12H,5-8H2,1-4H3. The van der Waals surface area contributed by atoms with Gasteiger partial charge < -0.3 is 9.84 Å². The third kappa shape index (κ3) is 6.05. The van der Waals surface area contributed by atoms with Gasteiger partial charge in [0.05, 0.1) is 12.2 Å². The zero-order valence-corrected chi connectivity index (χ0v) is 9.42. The highest BCUT2D eigenvalue weighted by molar-refractivity contribution is 4.67. The molecule has 0 aromatic heterocycles. The lowest BCUT2D eigenvalue weighted by molar-refractivity contribution is -0.0184. The van der Waals surface area contributed by atoms with E-state index in [1.54, 1.807) is 7.11 Å². The Labute approximate surface area is 82.3 Å². The van der Waals surface area contributed by atoms with E-state index in [0.717, 1.165) is 25.2 Å². The summed E-state index contributed by atoms with van der Waals surface area (Å²) in [6.07, 6.45) is 3.78. The molecule has 0 aromatic carbocycles. The van der Waals surface area contributed by atoms with Crippen LogP contribution < -0.4 is 0 Å². The molecular formula is C11H24O2. The van der Waals surface area contributed by atoms with Crippen molar-refractivity contribution in [2.45, 2.75) is 58.7 Å². The van der Waals surface area contributed by atoms with E-state index in [1.807, 2.05) is 6.92 Å². The lowest BCUT2D eigenvalue weighted by Gasteiger charge is -2.20. The van der Waals surface area contributed by atoms with Crippen LogP contribution in [0.1, 0.15) is 46.5 Å². The zero-order chi connectivity index (χ0) is 10.3. The first-order valence-corrected chi connectivity index (χ1v) is 5.32. The van der Waals surface area contributed by atoms with Crippen LogP contribution in [-0.4, -0.2) is 24.4 Å². The van der Waals surface area contributed by atoms with E-state index in [2.05, 4.69) is 13.8 Å². The summed E-state index contributed by atoms with van der Waals surface area (Å²) in [7, 11) is 1.67. The summed E-state index contributed by atoms with van der Waals surface area (Å²) in [6.45, 7) is 6.46. The van der Waals surface area contributed by atoms with Gasteiger partial charge in [-0.3, -0.25) is 0 Å². The molecule has 0 aliphatic heterocycles. The smallest absolute Gasteiger partial charge is 0.0827 e. The van der Waals surface area contributed by atoms with Crippen molar-refractivity contribution in [2.24, 2.45) is 5.92 Å². The Morgan fingerprint density at radius 2 is 1.85 bits per heavy atom. The predicted molar refractivity (Wildman–Crippen MR) is 55.8 cm³/mol. The highest BCUT2D eigenvalue weighted by Gasteiger charge is 2.15. The lowest BCUT2D eigenvalue weighted by atomic mass is 10.0. The number of rotatable bonds is 7. The highest BCUT2D eigenvalue weighted by atomic mass is 16.5. The Balaban J connectivity index is 3.53. The second-order valence-corrected chi connectivity index (χ2v) is 4.07. The third-order valence-electron chi connectivity index (χ3n) is 2.42. The van der Waals surface area contributed by atoms with Gasteiger partial charge in [0.2, 0.25) is 0 Å². The van der Waals surface area contributed by atoms with Crippen molar-refractivity contribution in [3.05, 3.63) is 0 Å². The third-order valence-corrected chi connectivity index (χ3v) is 2.42. The molecule has 2 nitrogen and oxygen atoms in total. The first kappa shape index (κ1) is 12.9. The molecule has 2 atom stereocenters. The maximum Gasteiger partial charge on any atom is 0.0827 e. The van der Waals surface area contributed by atoms with Crippen molar-refractivity contribution in [2.75, 3.05) is 7.11 Å². The van der Waals surface area contributed by atoms with Gasteiger partial charge in [-0.2, -0.15) is 0 Å². The minimum atomic E-state index is -0.284. The molecule has 2 unspecified atom stereocenters. The fourth-order valence-electron chi connectivity index (χ4n) is 1.52. The molecule has 0 saturated heterocycles. The van der Waals surface area contributed by atoms with Gasteiger partial charge >= 0.3 is 0 Å². The summed E-state index contributed by atoms with van der Waals surface area (Å²) in [5.41, 5.74) is 0. The summed E-state index contributed by atoms with van der Waals surface area (Å²) in [6, 6.07) is 0. The molecule has 0 heterocycles. The van der Waals surface area contributed by atoms with E-state index in [-0.39, 0.29) is 12.2 Å². The lowest BCUT2D eigenvalue weighted by Crippen LogP contribution is -2.27. The summed E-state index contributed by atoms with van der Waals surface area (Å²) < 4.78 is 5.17. The molecule has 0 fully saturated rings. The summed E-state index contributed by atoms with van der Waals surface area (Å²) >= 11 is 0. The van der Waals surface area contributed by atoms with E-state index in [1.165, 1.54) is 6.42 Å². The van der Waals surface area contributed by atoms with Crippen LogP contribution in [0.5, 0.6) is 0 Å². The van der Waals surface area contributed by atoms with Crippen LogP contribution in [0.4, 0.5) is 0 Å². The second-order valence-electron chi connectivity index (χ2n) is 4.07. The van der Waals surface area contributed by atoms with Crippen LogP contribution >= 0.6 is 0 Å². The zero-order valence-electron chi connectivity index (χ0n) is 9.42. The molecule has 0 spiro atoms. The van der Waals surface area contributed by atoms with E-state index in [0.29, 0.717) is 0 Å². The molecule has 0 saturated carbocycles. The average Bonchev–Trinajstić information content (AvgIpc) is 2.05. The van der Waals surface area contributed by atoms with Crippen molar-refractivity contribution >= 4 is 0 Å². The maximum atomic E-state index is 9.70. The van der Waals surface area contributed by atoms with Crippen LogP contribution in [0, 0.1) is 5.92 Å². The number of ether oxygens (including phenoxy) is 1. The second kappa shape index (κ2) is 7.34. The summed E-state index contributed by atoms with van der Waals surface area (Å²) in [5, 5.41) is 9.70. The normalized spacial score (nSPS) is 16.2. The van der Waals surface area contributed by atoms with Crippen LogP contribution in [-0.2, 0) is 4.74 Å². The Kier molecular flexibility index (Phi) is 7.29. The van der Waals surface area contributed by atoms with Gasteiger partial charge in [0.1, 0.15) is 0 Å². The van der Waals surface area contributed by atoms with Gasteiger partial charge in [-0.05, 0) is 18.8 Å². The Hall–Kier alpha value is -0.0800. The molecule has 0 bridgehead atoms. The molecule has 2 heteroatoms. The highest BCUT2D eigenvalue weighted by Crippen LogP contribution is 2.13. The number of hydrogen-bond acceptors (Lipinski definition) is 2. The van der Waals surface area contributed by atoms with Crippen molar-refractivity contribution in [3.8, 4) is 0 Å². The Morgan fingerprint density at radius 1 is 1.23 bits per heavy atom. The minimum absolute atomic E-state index is 0.0205. The van der Waals surface area contributed by atoms with Crippen molar-refractivity contribution < 1.29 is 9.84 Å². The summed E-state index contributed by atoms with van der Waals surface area (Å²) in [5.74, 6) is 0.731. The van der Waals surface area contributed by atoms with E-state index < -0.39 is 0 Å². The predicted octanol–water partition coefficient (Wildman–Crippen LogP) is 2.60. The van der Waals surface area contributed by atoms with Gasteiger partial charge in [0.15, 0.2) is 0 Å². The van der Waals surface area contributed by atoms with Crippen LogP contribution in [0.15, 0.2) is 0 Å². The van der Waals surface area contributed by atoms with Gasteiger partial charge in [-0.1, -0.05) is 33.6 Å². The van der Waals surface area contributed by atoms with Gasteiger partial charge in [-0.25, -0.2) is 0 Å². The molecule has 80 valence electrons. The molecule has 1 N–H and O–H groups in total. The molecule has 0 aliphatic carbocycles. The SMILES string of the molecule is CCC(OC)C(O)CCCC(C)C. The van der Waals surface area contributed by atoms with E-state index in [4.69, 9.17) is 4.74 Å². The first-order chi connectivity index (χ1) is 6.11. The number of aliphatic hydroxyl groups excluding tert-OH is 1. The topological polar surface area (TPSA) is 29.5 Å². The van der Waals surface area contributed by atoms with Crippen molar-refractivity contribution in [3.63, 3.8) is 0 Å². The first-order valence-electron chi connectivity index (χ1n) is 5.32. The molecule has 13 heavy (non-hydrogen) atoms. The van der Waals surface area contributed by atoms with Crippen molar-refractivity contribution in [1.29, 1.82) is 0 Å². The number of hydrogen-bond donors (Lipinski definition) is 1. The van der Waals surface area contributed by atoms with Gasteiger partial charge in [0, 0.05) is 7.11 Å². The molecule has 0 radical (unpaired) electrons. The van der Waals surface area contributed by atoms with Crippen LogP contribution in [0.2, 0.25) is 0 Å². The van der Waals surface area contributed by atoms with Crippen LogP contribution in [0.3, 0.4) is 0 Å². The van der Waals surface area contributed by atoms with E-state index in [9.17, 15) is 5.11 Å². The molecule has 0 aromatic rings. The molecule has 0 amide bonds. The Morgan fingerprint density at radius 3 is 2.23 bits per heavy atom. The monoisotopic (exact) mass is 188 g/mol. The number of aliphatic hydroxyl groups is 1. The minimum Gasteiger partial charge on any atom is -0.390 e. The molecule has 0 rings (SSSR count). The van der Waals surface area contributed by atoms with Crippen molar-refractivity contribution in [1.82, 2.24) is 0 Å².